The first-order valence-corrected chi connectivity index (χ1v) is 9.20. The van der Waals surface area contributed by atoms with Crippen LogP contribution in [0.15, 0.2) is 10.4 Å². The van der Waals surface area contributed by atoms with Crippen molar-refractivity contribution in [2.24, 2.45) is 4.99 Å². The molecule has 2 N–H and O–H groups in total. The number of nitrogens with zero attached hydrogens (tertiary/aromatic N) is 4. The van der Waals surface area contributed by atoms with Crippen molar-refractivity contribution in [2.45, 2.75) is 45.3 Å². The van der Waals surface area contributed by atoms with Gasteiger partial charge in [0.2, 0.25) is 0 Å². The Morgan fingerprint density at radius 1 is 1.43 bits per heavy atom. The molecule has 1 saturated heterocycles. The molecule has 130 valence electrons. The third-order valence-electron chi connectivity index (χ3n) is 4.18. The lowest BCUT2D eigenvalue weighted by Gasteiger charge is -2.35. The number of rotatable bonds is 5. The topological polar surface area (TPSA) is 55.8 Å². The van der Waals surface area contributed by atoms with Crippen LogP contribution in [0.25, 0.3) is 0 Å². The predicted molar refractivity (Wildman–Crippen MR) is 99.5 cm³/mol. The average molecular weight is 339 g/mol. The largest absolute Gasteiger partial charge is 0.354 e. The lowest BCUT2D eigenvalue weighted by molar-refractivity contribution is 0.167. The van der Waals surface area contributed by atoms with E-state index in [9.17, 15) is 0 Å². The van der Waals surface area contributed by atoms with E-state index < -0.39 is 0 Å². The van der Waals surface area contributed by atoms with E-state index in [2.05, 4.69) is 44.7 Å². The lowest BCUT2D eigenvalue weighted by Crippen LogP contribution is -2.49. The van der Waals surface area contributed by atoms with Gasteiger partial charge < -0.3 is 20.4 Å². The second-order valence-electron chi connectivity index (χ2n) is 6.49. The molecule has 1 aromatic heterocycles. The van der Waals surface area contributed by atoms with Crippen LogP contribution in [0, 0.1) is 0 Å². The van der Waals surface area contributed by atoms with Gasteiger partial charge in [-0.2, -0.15) is 0 Å². The number of guanidine groups is 1. The van der Waals surface area contributed by atoms with Crippen LogP contribution < -0.4 is 15.5 Å². The fourth-order valence-corrected chi connectivity index (χ4v) is 3.46. The van der Waals surface area contributed by atoms with Crippen LogP contribution in [0.4, 0.5) is 5.13 Å². The number of anilines is 1. The standard InChI is InChI=1S/C16H30N6S/c1-12(2)22-8-6-13(7-9-22)19-15(17-3)18-10-14-11-23-16(20-14)21(4)5/h11-13H,6-10H2,1-5H3,(H2,17,18,19). The Hall–Kier alpha value is -1.34. The number of aliphatic imine (C=N–C) groups is 1. The summed E-state index contributed by atoms with van der Waals surface area (Å²) in [4.78, 5) is 13.5. The number of aromatic nitrogens is 1. The van der Waals surface area contributed by atoms with Gasteiger partial charge >= 0.3 is 0 Å². The smallest absolute Gasteiger partial charge is 0.191 e. The molecule has 23 heavy (non-hydrogen) atoms. The fourth-order valence-electron chi connectivity index (χ4n) is 2.71. The van der Waals surface area contributed by atoms with E-state index in [1.807, 2.05) is 26.0 Å². The third kappa shape index (κ3) is 5.35. The van der Waals surface area contributed by atoms with Crippen LogP contribution in [-0.2, 0) is 6.54 Å². The maximum absolute atomic E-state index is 4.58. The first-order chi connectivity index (χ1) is 11.0. The maximum Gasteiger partial charge on any atom is 0.191 e. The molecular weight excluding hydrogens is 308 g/mol. The van der Waals surface area contributed by atoms with Gasteiger partial charge in [0.1, 0.15) is 0 Å². The summed E-state index contributed by atoms with van der Waals surface area (Å²) in [6, 6.07) is 1.15. The summed E-state index contributed by atoms with van der Waals surface area (Å²) in [5.74, 6) is 0.868. The van der Waals surface area contributed by atoms with Gasteiger partial charge in [0.25, 0.3) is 0 Å². The van der Waals surface area contributed by atoms with E-state index in [0.29, 0.717) is 18.6 Å². The summed E-state index contributed by atoms with van der Waals surface area (Å²) >= 11 is 1.66. The highest BCUT2D eigenvalue weighted by molar-refractivity contribution is 7.13. The van der Waals surface area contributed by atoms with Gasteiger partial charge in [-0.3, -0.25) is 4.99 Å². The van der Waals surface area contributed by atoms with Gasteiger partial charge in [0, 0.05) is 51.7 Å². The Morgan fingerprint density at radius 3 is 2.65 bits per heavy atom. The summed E-state index contributed by atoms with van der Waals surface area (Å²) < 4.78 is 0. The minimum absolute atomic E-state index is 0.504. The summed E-state index contributed by atoms with van der Waals surface area (Å²) in [7, 11) is 5.85. The molecule has 0 amide bonds. The van der Waals surface area contributed by atoms with Crippen molar-refractivity contribution >= 4 is 22.4 Å². The molecule has 0 unspecified atom stereocenters. The van der Waals surface area contributed by atoms with Gasteiger partial charge in [-0.25, -0.2) is 4.98 Å². The normalized spacial score (nSPS) is 17.6. The number of nitrogens with one attached hydrogen (secondary N) is 2. The zero-order valence-electron chi connectivity index (χ0n) is 15.0. The molecule has 1 aliphatic heterocycles. The first-order valence-electron chi connectivity index (χ1n) is 8.32. The zero-order chi connectivity index (χ0) is 16.8. The van der Waals surface area contributed by atoms with Crippen LogP contribution in [0.1, 0.15) is 32.4 Å². The Morgan fingerprint density at radius 2 is 2.13 bits per heavy atom. The summed E-state index contributed by atoms with van der Waals surface area (Å²) in [5, 5.41) is 10.0. The van der Waals surface area contributed by atoms with Gasteiger partial charge in [-0.1, -0.05) is 0 Å². The lowest BCUT2D eigenvalue weighted by atomic mass is 10.0. The third-order valence-corrected chi connectivity index (χ3v) is 5.24. The molecule has 2 rings (SSSR count). The fraction of sp³-hybridized carbons (Fsp3) is 0.750. The average Bonchev–Trinajstić information content (AvgIpc) is 3.01. The van der Waals surface area contributed by atoms with Crippen molar-refractivity contribution < 1.29 is 0 Å². The summed E-state index contributed by atoms with van der Waals surface area (Å²) in [5.41, 5.74) is 1.05. The molecule has 1 aromatic rings. The molecule has 0 bridgehead atoms. The highest BCUT2D eigenvalue weighted by atomic mass is 32.1. The van der Waals surface area contributed by atoms with Crippen molar-refractivity contribution in [3.8, 4) is 0 Å². The van der Waals surface area contributed by atoms with Crippen LogP contribution in [0.5, 0.6) is 0 Å². The van der Waals surface area contributed by atoms with Crippen LogP contribution in [0.3, 0.4) is 0 Å². The quantitative estimate of drug-likeness (QED) is 0.633. The Bertz CT molecular complexity index is 502. The minimum atomic E-state index is 0.504. The van der Waals surface area contributed by atoms with Crippen LogP contribution in [-0.4, -0.2) is 62.2 Å². The SMILES string of the molecule is CN=C(NCc1csc(N(C)C)n1)NC1CCN(C(C)C)CC1. The van der Waals surface area contributed by atoms with Crippen LogP contribution in [0.2, 0.25) is 0 Å². The van der Waals surface area contributed by atoms with Crippen molar-refractivity contribution in [1.82, 2.24) is 20.5 Å². The summed E-state index contributed by atoms with van der Waals surface area (Å²) in [6.45, 7) is 7.55. The van der Waals surface area contributed by atoms with Crippen molar-refractivity contribution in [2.75, 3.05) is 39.1 Å². The van der Waals surface area contributed by atoms with Crippen molar-refractivity contribution in [3.05, 3.63) is 11.1 Å². The van der Waals surface area contributed by atoms with E-state index in [-0.39, 0.29) is 0 Å². The monoisotopic (exact) mass is 338 g/mol. The Kier molecular flexibility index (Phi) is 6.65. The van der Waals surface area contributed by atoms with Crippen molar-refractivity contribution in [1.29, 1.82) is 0 Å². The van der Waals surface area contributed by atoms with E-state index in [1.54, 1.807) is 11.3 Å². The molecular formula is C16H30N6S. The Balaban J connectivity index is 1.77. The molecule has 0 spiro atoms. The number of hydrogen-bond acceptors (Lipinski definition) is 5. The minimum Gasteiger partial charge on any atom is -0.354 e. The van der Waals surface area contributed by atoms with E-state index >= 15 is 0 Å². The number of hydrogen-bond donors (Lipinski definition) is 2. The first kappa shape index (κ1) is 18.0. The second-order valence-corrected chi connectivity index (χ2v) is 7.33. The van der Waals surface area contributed by atoms with Gasteiger partial charge in [0.15, 0.2) is 11.1 Å². The number of likely N-dealkylation sites (tertiary alicyclic amines) is 1. The van der Waals surface area contributed by atoms with E-state index in [1.165, 1.54) is 12.8 Å². The molecule has 2 heterocycles. The molecule has 0 aliphatic carbocycles. The van der Waals surface area contributed by atoms with Crippen molar-refractivity contribution in [3.63, 3.8) is 0 Å². The molecule has 0 radical (unpaired) electrons. The molecule has 1 fully saturated rings. The van der Waals surface area contributed by atoms with E-state index in [0.717, 1.165) is 29.9 Å². The van der Waals surface area contributed by atoms with Crippen LogP contribution >= 0.6 is 11.3 Å². The summed E-state index contributed by atoms with van der Waals surface area (Å²) in [6.07, 6.45) is 2.33. The highest BCUT2D eigenvalue weighted by Crippen LogP contribution is 2.17. The van der Waals surface area contributed by atoms with Gasteiger partial charge in [-0.05, 0) is 26.7 Å². The van der Waals surface area contributed by atoms with Gasteiger partial charge in [0.05, 0.1) is 12.2 Å². The number of thiazole rings is 1. The maximum atomic E-state index is 4.58. The molecule has 6 nitrogen and oxygen atoms in total. The Labute approximate surface area is 144 Å². The zero-order valence-corrected chi connectivity index (χ0v) is 15.8. The second kappa shape index (κ2) is 8.49. The molecule has 0 aromatic carbocycles. The van der Waals surface area contributed by atoms with E-state index in [4.69, 9.17) is 0 Å². The molecule has 7 heteroatoms. The molecule has 1 aliphatic rings. The number of piperidine rings is 1. The molecule has 0 atom stereocenters. The molecule has 0 saturated carbocycles. The predicted octanol–water partition coefficient (Wildman–Crippen LogP) is 1.75. The highest BCUT2D eigenvalue weighted by Gasteiger charge is 2.21. The van der Waals surface area contributed by atoms with Gasteiger partial charge in [-0.15, -0.1) is 11.3 Å².